The number of hydrogen-bond acceptors (Lipinski definition) is 3. The Morgan fingerprint density at radius 3 is 2.44 bits per heavy atom. The van der Waals surface area contributed by atoms with Gasteiger partial charge in [0, 0.05) is 16.2 Å². The van der Waals surface area contributed by atoms with E-state index in [1.807, 2.05) is 45.0 Å². The number of carbonyl (C=O) groups excluding carboxylic acids is 1. The van der Waals surface area contributed by atoms with Crippen molar-refractivity contribution in [2.75, 3.05) is 6.54 Å². The van der Waals surface area contributed by atoms with E-state index in [4.69, 9.17) is 10.5 Å². The molecule has 1 amide bonds. The molecular formula is C13H19IN2O2. The maximum atomic E-state index is 11.5. The number of halogens is 1. The minimum Gasteiger partial charge on any atom is -0.444 e. The van der Waals surface area contributed by atoms with Crippen molar-refractivity contribution in [3.05, 3.63) is 33.4 Å². The monoisotopic (exact) mass is 362 g/mol. The first-order chi connectivity index (χ1) is 8.28. The van der Waals surface area contributed by atoms with Crippen molar-refractivity contribution in [2.24, 2.45) is 5.73 Å². The molecule has 0 aliphatic heterocycles. The summed E-state index contributed by atoms with van der Waals surface area (Å²) in [5.74, 6) is 0. The lowest BCUT2D eigenvalue weighted by Gasteiger charge is -2.20. The molecule has 0 aliphatic carbocycles. The normalized spacial score (nSPS) is 12.9. The van der Waals surface area contributed by atoms with Gasteiger partial charge in [0.1, 0.15) is 5.60 Å². The van der Waals surface area contributed by atoms with Crippen LogP contribution in [0.25, 0.3) is 0 Å². The van der Waals surface area contributed by atoms with Gasteiger partial charge in [-0.3, -0.25) is 0 Å². The fourth-order valence-electron chi connectivity index (χ4n) is 1.34. The Balaban J connectivity index is 2.44. The van der Waals surface area contributed by atoms with Crippen LogP contribution in [0.3, 0.4) is 0 Å². The molecule has 0 saturated heterocycles. The van der Waals surface area contributed by atoms with E-state index >= 15 is 0 Å². The quantitative estimate of drug-likeness (QED) is 0.813. The molecule has 1 aromatic rings. The Morgan fingerprint density at radius 2 is 1.94 bits per heavy atom. The molecule has 5 heteroatoms. The Morgan fingerprint density at radius 1 is 1.39 bits per heavy atom. The Bertz CT molecular complexity index is 398. The van der Waals surface area contributed by atoms with Gasteiger partial charge in [-0.25, -0.2) is 4.79 Å². The average molecular weight is 362 g/mol. The molecule has 0 saturated carbocycles. The van der Waals surface area contributed by atoms with Gasteiger partial charge in [-0.15, -0.1) is 0 Å². The molecule has 4 nitrogen and oxygen atoms in total. The molecule has 0 heterocycles. The van der Waals surface area contributed by atoms with E-state index in [0.29, 0.717) is 6.54 Å². The number of rotatable bonds is 3. The van der Waals surface area contributed by atoms with Gasteiger partial charge in [0.15, 0.2) is 0 Å². The first kappa shape index (κ1) is 15.2. The summed E-state index contributed by atoms with van der Waals surface area (Å²) in [7, 11) is 0. The third-order valence-electron chi connectivity index (χ3n) is 2.16. The molecule has 0 radical (unpaired) electrons. The molecule has 0 bridgehead atoms. The predicted molar refractivity (Wildman–Crippen MR) is 80.3 cm³/mol. The summed E-state index contributed by atoms with van der Waals surface area (Å²) < 4.78 is 6.29. The summed E-state index contributed by atoms with van der Waals surface area (Å²) in [6, 6.07) is 7.67. The number of nitrogens with two attached hydrogens (primary N) is 1. The zero-order valence-electron chi connectivity index (χ0n) is 10.9. The molecule has 0 fully saturated rings. The number of alkyl carbamates (subject to hydrolysis) is 1. The molecule has 3 N–H and O–H groups in total. The van der Waals surface area contributed by atoms with E-state index in [2.05, 4.69) is 27.9 Å². The summed E-state index contributed by atoms with van der Waals surface area (Å²) >= 11 is 2.24. The lowest BCUT2D eigenvalue weighted by atomic mass is 10.1. The molecule has 0 aliphatic rings. The smallest absolute Gasteiger partial charge is 0.407 e. The van der Waals surface area contributed by atoms with Crippen LogP contribution in [0.2, 0.25) is 0 Å². The van der Waals surface area contributed by atoms with Crippen LogP contribution in [0.15, 0.2) is 24.3 Å². The van der Waals surface area contributed by atoms with Gasteiger partial charge in [-0.2, -0.15) is 0 Å². The van der Waals surface area contributed by atoms with Crippen molar-refractivity contribution < 1.29 is 9.53 Å². The van der Waals surface area contributed by atoms with Crippen molar-refractivity contribution in [1.82, 2.24) is 5.32 Å². The van der Waals surface area contributed by atoms with Crippen LogP contribution in [0.5, 0.6) is 0 Å². The molecular weight excluding hydrogens is 343 g/mol. The summed E-state index contributed by atoms with van der Waals surface area (Å²) in [4.78, 5) is 11.5. The van der Waals surface area contributed by atoms with Crippen LogP contribution in [0.4, 0.5) is 4.79 Å². The van der Waals surface area contributed by atoms with Crippen molar-refractivity contribution >= 4 is 28.7 Å². The van der Waals surface area contributed by atoms with Gasteiger partial charge in [0.05, 0.1) is 0 Å². The molecule has 18 heavy (non-hydrogen) atoms. The van der Waals surface area contributed by atoms with Gasteiger partial charge < -0.3 is 15.8 Å². The SMILES string of the molecule is CC(C)(C)OC(=O)NCC(N)c1ccc(I)cc1. The first-order valence-electron chi connectivity index (χ1n) is 5.76. The summed E-state index contributed by atoms with van der Waals surface area (Å²) in [6.45, 7) is 5.83. The minimum atomic E-state index is -0.489. The van der Waals surface area contributed by atoms with Crippen LogP contribution in [-0.4, -0.2) is 18.2 Å². The van der Waals surface area contributed by atoms with Gasteiger partial charge in [0.25, 0.3) is 0 Å². The van der Waals surface area contributed by atoms with E-state index in [0.717, 1.165) is 9.13 Å². The fraction of sp³-hybridized carbons (Fsp3) is 0.462. The number of ether oxygens (including phenoxy) is 1. The molecule has 100 valence electrons. The van der Waals surface area contributed by atoms with E-state index in [1.54, 1.807) is 0 Å². The fourth-order valence-corrected chi connectivity index (χ4v) is 1.69. The van der Waals surface area contributed by atoms with Crippen molar-refractivity contribution in [3.63, 3.8) is 0 Å². The van der Waals surface area contributed by atoms with Crippen molar-refractivity contribution in [2.45, 2.75) is 32.4 Å². The zero-order chi connectivity index (χ0) is 13.8. The third kappa shape index (κ3) is 5.68. The standard InChI is InChI=1S/C13H19IN2O2/c1-13(2,3)18-12(17)16-8-11(15)9-4-6-10(14)7-5-9/h4-7,11H,8,15H2,1-3H3,(H,16,17). The molecule has 0 spiro atoms. The van der Waals surface area contributed by atoms with E-state index < -0.39 is 11.7 Å². The van der Waals surface area contributed by atoms with Crippen LogP contribution in [0, 0.1) is 3.57 Å². The topological polar surface area (TPSA) is 64.3 Å². The highest BCUT2D eigenvalue weighted by Crippen LogP contribution is 2.12. The Hall–Kier alpha value is -0.820. The predicted octanol–water partition coefficient (Wildman–Crippen LogP) is 2.82. The second kappa shape index (κ2) is 6.38. The van der Waals surface area contributed by atoms with Crippen molar-refractivity contribution in [1.29, 1.82) is 0 Å². The number of hydrogen-bond donors (Lipinski definition) is 2. The van der Waals surface area contributed by atoms with Crippen LogP contribution < -0.4 is 11.1 Å². The highest BCUT2D eigenvalue weighted by molar-refractivity contribution is 14.1. The Kier molecular flexibility index (Phi) is 5.40. The summed E-state index contributed by atoms with van der Waals surface area (Å²) in [6.07, 6.45) is -0.441. The number of carbonyl (C=O) groups is 1. The number of nitrogens with one attached hydrogen (secondary N) is 1. The average Bonchev–Trinajstić information content (AvgIpc) is 2.24. The van der Waals surface area contributed by atoms with E-state index in [-0.39, 0.29) is 6.04 Å². The minimum absolute atomic E-state index is 0.227. The van der Waals surface area contributed by atoms with E-state index in [9.17, 15) is 4.79 Å². The highest BCUT2D eigenvalue weighted by Gasteiger charge is 2.16. The van der Waals surface area contributed by atoms with Crippen LogP contribution >= 0.6 is 22.6 Å². The molecule has 1 aromatic carbocycles. The molecule has 1 rings (SSSR count). The first-order valence-corrected chi connectivity index (χ1v) is 6.84. The van der Waals surface area contributed by atoms with Gasteiger partial charge in [-0.1, -0.05) is 12.1 Å². The van der Waals surface area contributed by atoms with E-state index in [1.165, 1.54) is 0 Å². The largest absolute Gasteiger partial charge is 0.444 e. The molecule has 0 aromatic heterocycles. The lowest BCUT2D eigenvalue weighted by Crippen LogP contribution is -2.36. The molecule has 1 atom stereocenters. The summed E-state index contributed by atoms with van der Waals surface area (Å²) in [5.41, 5.74) is 6.49. The lowest BCUT2D eigenvalue weighted by molar-refractivity contribution is 0.0524. The second-order valence-corrected chi connectivity index (χ2v) is 6.29. The van der Waals surface area contributed by atoms with Crippen LogP contribution in [-0.2, 0) is 4.74 Å². The van der Waals surface area contributed by atoms with Crippen LogP contribution in [0.1, 0.15) is 32.4 Å². The maximum Gasteiger partial charge on any atom is 0.407 e. The van der Waals surface area contributed by atoms with Gasteiger partial charge >= 0.3 is 6.09 Å². The van der Waals surface area contributed by atoms with Gasteiger partial charge in [-0.05, 0) is 61.1 Å². The zero-order valence-corrected chi connectivity index (χ0v) is 13.0. The molecule has 1 unspecified atom stereocenters. The second-order valence-electron chi connectivity index (χ2n) is 5.04. The number of amides is 1. The van der Waals surface area contributed by atoms with Crippen molar-refractivity contribution in [3.8, 4) is 0 Å². The Labute approximate surface area is 121 Å². The summed E-state index contributed by atoms with van der Waals surface area (Å²) in [5, 5.41) is 2.66. The van der Waals surface area contributed by atoms with Gasteiger partial charge in [0.2, 0.25) is 0 Å². The highest BCUT2D eigenvalue weighted by atomic mass is 127. The maximum absolute atomic E-state index is 11.5. The third-order valence-corrected chi connectivity index (χ3v) is 2.88. The number of benzene rings is 1.